The van der Waals surface area contributed by atoms with Crippen LogP contribution in [0.3, 0.4) is 0 Å². The zero-order valence-electron chi connectivity index (χ0n) is 6.62. The first kappa shape index (κ1) is 8.52. The fraction of sp³-hybridized carbons (Fsp3) is 0.125. The molecular formula is C8H9FN2O. The molecule has 0 aromatic heterocycles. The molecule has 1 aromatic rings. The second-order valence-electron chi connectivity index (χ2n) is 2.35. The summed E-state index contributed by atoms with van der Waals surface area (Å²) in [7, 11) is 1.42. The summed E-state index contributed by atoms with van der Waals surface area (Å²) in [6.45, 7) is 0. The Labute approximate surface area is 69.6 Å². The zero-order valence-corrected chi connectivity index (χ0v) is 6.62. The highest BCUT2D eigenvalue weighted by Crippen LogP contribution is 2.16. The largest absolute Gasteiger partial charge is 0.351 e. The second-order valence-corrected chi connectivity index (χ2v) is 2.35. The van der Waals surface area contributed by atoms with Crippen molar-refractivity contribution in [2.45, 2.75) is 0 Å². The van der Waals surface area contributed by atoms with E-state index < -0.39 is 11.8 Å². The minimum absolute atomic E-state index is 0.185. The van der Waals surface area contributed by atoms with Crippen molar-refractivity contribution in [3.63, 3.8) is 0 Å². The average molecular weight is 168 g/mol. The van der Waals surface area contributed by atoms with Crippen molar-refractivity contribution in [3.8, 4) is 0 Å². The molecule has 0 atom stereocenters. The lowest BCUT2D eigenvalue weighted by molar-refractivity contribution is 0.255. The van der Waals surface area contributed by atoms with Gasteiger partial charge in [-0.2, -0.15) is 0 Å². The number of primary amides is 1. The summed E-state index contributed by atoms with van der Waals surface area (Å²) >= 11 is 0. The number of amides is 2. The van der Waals surface area contributed by atoms with Gasteiger partial charge in [0.2, 0.25) is 0 Å². The van der Waals surface area contributed by atoms with E-state index in [0.717, 1.165) is 4.90 Å². The summed E-state index contributed by atoms with van der Waals surface area (Å²) in [6.07, 6.45) is 0. The molecule has 4 heteroatoms. The van der Waals surface area contributed by atoms with Gasteiger partial charge < -0.3 is 5.73 Å². The Bertz CT molecular complexity index is 301. The zero-order chi connectivity index (χ0) is 9.14. The number of rotatable bonds is 1. The molecule has 0 unspecified atom stereocenters. The van der Waals surface area contributed by atoms with Gasteiger partial charge in [0.05, 0.1) is 5.69 Å². The van der Waals surface area contributed by atoms with Crippen LogP contribution < -0.4 is 10.6 Å². The number of para-hydroxylation sites is 1. The summed E-state index contributed by atoms with van der Waals surface area (Å²) in [5, 5.41) is 0. The monoisotopic (exact) mass is 168 g/mol. The molecular weight excluding hydrogens is 159 g/mol. The minimum Gasteiger partial charge on any atom is -0.351 e. The van der Waals surface area contributed by atoms with Crippen molar-refractivity contribution in [1.29, 1.82) is 0 Å². The summed E-state index contributed by atoms with van der Waals surface area (Å²) in [5.74, 6) is -0.459. The number of anilines is 1. The van der Waals surface area contributed by atoms with Gasteiger partial charge in [-0.25, -0.2) is 9.18 Å². The highest BCUT2D eigenvalue weighted by molar-refractivity contribution is 5.90. The fourth-order valence-electron chi connectivity index (χ4n) is 0.842. The van der Waals surface area contributed by atoms with Crippen molar-refractivity contribution in [2.75, 3.05) is 11.9 Å². The van der Waals surface area contributed by atoms with Crippen molar-refractivity contribution in [3.05, 3.63) is 30.1 Å². The van der Waals surface area contributed by atoms with E-state index in [4.69, 9.17) is 5.73 Å². The molecule has 0 radical (unpaired) electrons. The van der Waals surface area contributed by atoms with Crippen molar-refractivity contribution in [1.82, 2.24) is 0 Å². The Morgan fingerprint density at radius 3 is 2.58 bits per heavy atom. The van der Waals surface area contributed by atoms with E-state index in [1.807, 2.05) is 0 Å². The van der Waals surface area contributed by atoms with Crippen LogP contribution in [0.15, 0.2) is 24.3 Å². The maximum absolute atomic E-state index is 13.0. The standard InChI is InChI=1S/C8H9FN2O/c1-11(8(10)12)7-5-3-2-4-6(7)9/h2-5H,1H3,(H2,10,12). The molecule has 0 fully saturated rings. The molecule has 0 aliphatic rings. The number of carbonyl (C=O) groups is 1. The summed E-state index contributed by atoms with van der Waals surface area (Å²) in [4.78, 5) is 11.7. The van der Waals surface area contributed by atoms with E-state index in [9.17, 15) is 9.18 Å². The molecule has 1 rings (SSSR count). The maximum Gasteiger partial charge on any atom is 0.319 e. The third kappa shape index (κ3) is 1.53. The SMILES string of the molecule is CN(C(N)=O)c1ccccc1F. The molecule has 0 aliphatic heterocycles. The van der Waals surface area contributed by atoms with Gasteiger partial charge in [0.25, 0.3) is 0 Å². The third-order valence-electron chi connectivity index (χ3n) is 1.54. The summed E-state index contributed by atoms with van der Waals surface area (Å²) in [5.41, 5.74) is 5.14. The van der Waals surface area contributed by atoms with Gasteiger partial charge in [0, 0.05) is 7.05 Å². The van der Waals surface area contributed by atoms with E-state index >= 15 is 0 Å². The fourth-order valence-corrected chi connectivity index (χ4v) is 0.842. The number of benzene rings is 1. The van der Waals surface area contributed by atoms with Gasteiger partial charge >= 0.3 is 6.03 Å². The molecule has 0 bridgehead atoms. The summed E-state index contributed by atoms with van der Waals surface area (Å²) in [6, 6.07) is 5.26. The quantitative estimate of drug-likeness (QED) is 0.675. The normalized spacial score (nSPS) is 9.50. The Kier molecular flexibility index (Phi) is 2.28. The Morgan fingerprint density at radius 1 is 1.50 bits per heavy atom. The Balaban J connectivity index is 3.02. The Morgan fingerprint density at radius 2 is 2.08 bits per heavy atom. The topological polar surface area (TPSA) is 46.3 Å². The molecule has 0 saturated carbocycles. The number of carbonyl (C=O) groups excluding carboxylic acids is 1. The van der Waals surface area contributed by atoms with Crippen LogP contribution in [0.25, 0.3) is 0 Å². The van der Waals surface area contributed by atoms with Crippen molar-refractivity contribution >= 4 is 11.7 Å². The highest BCUT2D eigenvalue weighted by Gasteiger charge is 2.09. The molecule has 3 nitrogen and oxygen atoms in total. The molecule has 12 heavy (non-hydrogen) atoms. The predicted octanol–water partition coefficient (Wildman–Crippen LogP) is 1.34. The molecule has 2 N–H and O–H groups in total. The number of urea groups is 1. The number of nitrogens with zero attached hydrogens (tertiary/aromatic N) is 1. The lowest BCUT2D eigenvalue weighted by Crippen LogP contribution is -2.32. The van der Waals surface area contributed by atoms with Gasteiger partial charge in [0.1, 0.15) is 5.82 Å². The van der Waals surface area contributed by atoms with Crippen LogP contribution in [0.2, 0.25) is 0 Å². The number of hydrogen-bond acceptors (Lipinski definition) is 1. The molecule has 0 saturated heterocycles. The molecule has 1 aromatic carbocycles. The van der Waals surface area contributed by atoms with E-state index in [-0.39, 0.29) is 5.69 Å². The smallest absolute Gasteiger partial charge is 0.319 e. The predicted molar refractivity (Wildman–Crippen MR) is 44.4 cm³/mol. The van der Waals surface area contributed by atoms with E-state index in [2.05, 4.69) is 0 Å². The number of hydrogen-bond donors (Lipinski definition) is 1. The maximum atomic E-state index is 13.0. The van der Waals surface area contributed by atoms with Gasteiger partial charge in [-0.05, 0) is 12.1 Å². The lowest BCUT2D eigenvalue weighted by atomic mass is 10.3. The highest BCUT2D eigenvalue weighted by atomic mass is 19.1. The second kappa shape index (κ2) is 3.21. The Hall–Kier alpha value is -1.58. The van der Waals surface area contributed by atoms with Gasteiger partial charge in [-0.3, -0.25) is 4.90 Å². The molecule has 0 spiro atoms. The van der Waals surface area contributed by atoms with E-state index in [1.54, 1.807) is 12.1 Å². The molecule has 0 aliphatic carbocycles. The van der Waals surface area contributed by atoms with Gasteiger partial charge in [-0.15, -0.1) is 0 Å². The van der Waals surface area contributed by atoms with Crippen LogP contribution in [0.5, 0.6) is 0 Å². The first-order chi connectivity index (χ1) is 5.63. The summed E-state index contributed by atoms with van der Waals surface area (Å²) < 4.78 is 13.0. The first-order valence-corrected chi connectivity index (χ1v) is 3.40. The van der Waals surface area contributed by atoms with Gasteiger partial charge in [0.15, 0.2) is 0 Å². The molecule has 2 amide bonds. The number of halogens is 1. The van der Waals surface area contributed by atoms with Crippen molar-refractivity contribution in [2.24, 2.45) is 5.73 Å². The third-order valence-corrected chi connectivity index (χ3v) is 1.54. The van der Waals surface area contributed by atoms with Crippen LogP contribution in [0, 0.1) is 5.82 Å². The van der Waals surface area contributed by atoms with Crippen LogP contribution in [-0.2, 0) is 0 Å². The van der Waals surface area contributed by atoms with Crippen LogP contribution in [-0.4, -0.2) is 13.1 Å². The average Bonchev–Trinajstić information content (AvgIpc) is 2.04. The van der Waals surface area contributed by atoms with E-state index in [1.165, 1.54) is 19.2 Å². The van der Waals surface area contributed by atoms with Crippen LogP contribution in [0.1, 0.15) is 0 Å². The van der Waals surface area contributed by atoms with Crippen molar-refractivity contribution < 1.29 is 9.18 Å². The minimum atomic E-state index is -0.680. The molecule has 0 heterocycles. The van der Waals surface area contributed by atoms with E-state index in [0.29, 0.717) is 0 Å². The van der Waals surface area contributed by atoms with Crippen LogP contribution in [0.4, 0.5) is 14.9 Å². The number of nitrogens with two attached hydrogens (primary N) is 1. The van der Waals surface area contributed by atoms with Crippen LogP contribution >= 0.6 is 0 Å². The van der Waals surface area contributed by atoms with Gasteiger partial charge in [-0.1, -0.05) is 12.1 Å². The first-order valence-electron chi connectivity index (χ1n) is 3.40. The molecule has 64 valence electrons. The lowest BCUT2D eigenvalue weighted by Gasteiger charge is -2.14.